The summed E-state index contributed by atoms with van der Waals surface area (Å²) in [4.78, 5) is 14.8. The Bertz CT molecular complexity index is 625. The fourth-order valence-corrected chi connectivity index (χ4v) is 4.74. The number of aromatic nitrogens is 2. The molecule has 138 valence electrons. The lowest BCUT2D eigenvalue weighted by Crippen LogP contribution is -2.41. The molecular formula is C19H30N4O2. The van der Waals surface area contributed by atoms with E-state index in [1.165, 1.54) is 19.3 Å². The molecule has 4 rings (SSSR count). The average molecular weight is 346 g/mol. The van der Waals surface area contributed by atoms with E-state index in [1.807, 2.05) is 17.2 Å². The van der Waals surface area contributed by atoms with Crippen molar-refractivity contribution >= 4 is 11.7 Å². The first-order valence-corrected chi connectivity index (χ1v) is 9.80. The van der Waals surface area contributed by atoms with Crippen LogP contribution in [-0.4, -0.2) is 51.9 Å². The van der Waals surface area contributed by atoms with Gasteiger partial charge in [0.15, 0.2) is 0 Å². The van der Waals surface area contributed by atoms with Gasteiger partial charge in [0.05, 0.1) is 24.4 Å². The molecule has 6 nitrogen and oxygen atoms in total. The number of hydrogen-bond donors (Lipinski definition) is 1. The second kappa shape index (κ2) is 6.63. The molecule has 25 heavy (non-hydrogen) atoms. The standard InChI is InChI=1S/C19H30N4O2/c1-14-16(15(2)23-17(21-14)6-10-20-23)4-5-18(24)22-11-9-19(7-3-8-19)25-13-12-22/h6,10,14-16,21H,3-5,7-9,11-13H2,1-2H3. The summed E-state index contributed by atoms with van der Waals surface area (Å²) < 4.78 is 8.10. The van der Waals surface area contributed by atoms with Gasteiger partial charge >= 0.3 is 0 Å². The number of nitrogens with one attached hydrogen (secondary N) is 1. The molecule has 1 aromatic rings. The minimum atomic E-state index is 0.0990. The van der Waals surface area contributed by atoms with Crippen LogP contribution in [0, 0.1) is 5.92 Å². The molecule has 1 saturated heterocycles. The fourth-order valence-electron chi connectivity index (χ4n) is 4.74. The Morgan fingerprint density at radius 2 is 2.20 bits per heavy atom. The van der Waals surface area contributed by atoms with Crippen molar-refractivity contribution in [3.05, 3.63) is 12.3 Å². The van der Waals surface area contributed by atoms with Gasteiger partial charge in [-0.1, -0.05) is 0 Å². The van der Waals surface area contributed by atoms with Gasteiger partial charge in [-0.2, -0.15) is 5.10 Å². The Morgan fingerprint density at radius 1 is 1.36 bits per heavy atom. The first-order valence-electron chi connectivity index (χ1n) is 9.80. The van der Waals surface area contributed by atoms with Crippen LogP contribution in [-0.2, 0) is 9.53 Å². The van der Waals surface area contributed by atoms with Crippen LogP contribution >= 0.6 is 0 Å². The van der Waals surface area contributed by atoms with Crippen LogP contribution in [0.2, 0.25) is 0 Å². The van der Waals surface area contributed by atoms with Crippen molar-refractivity contribution < 1.29 is 9.53 Å². The first kappa shape index (κ1) is 16.9. The smallest absolute Gasteiger partial charge is 0.222 e. The largest absolute Gasteiger partial charge is 0.373 e. The molecule has 3 atom stereocenters. The Hall–Kier alpha value is -1.56. The molecule has 3 aliphatic rings. The van der Waals surface area contributed by atoms with Crippen molar-refractivity contribution in [2.45, 2.75) is 70.1 Å². The van der Waals surface area contributed by atoms with Crippen molar-refractivity contribution in [3.8, 4) is 0 Å². The predicted molar refractivity (Wildman–Crippen MR) is 96.5 cm³/mol. The zero-order valence-electron chi connectivity index (χ0n) is 15.4. The second-order valence-electron chi connectivity index (χ2n) is 8.05. The molecular weight excluding hydrogens is 316 g/mol. The number of carbonyl (C=O) groups is 1. The molecule has 1 aromatic heterocycles. The number of hydrogen-bond acceptors (Lipinski definition) is 4. The van der Waals surface area contributed by atoms with E-state index < -0.39 is 0 Å². The molecule has 1 amide bonds. The quantitative estimate of drug-likeness (QED) is 0.914. The van der Waals surface area contributed by atoms with E-state index in [4.69, 9.17) is 4.74 Å². The summed E-state index contributed by atoms with van der Waals surface area (Å²) >= 11 is 0. The molecule has 0 aromatic carbocycles. The van der Waals surface area contributed by atoms with E-state index in [9.17, 15) is 4.79 Å². The number of nitrogens with zero attached hydrogens (tertiary/aromatic N) is 3. The van der Waals surface area contributed by atoms with E-state index >= 15 is 0 Å². The van der Waals surface area contributed by atoms with Crippen LogP contribution in [0.5, 0.6) is 0 Å². The highest BCUT2D eigenvalue weighted by atomic mass is 16.5. The minimum absolute atomic E-state index is 0.0990. The van der Waals surface area contributed by atoms with Crippen molar-refractivity contribution in [2.75, 3.05) is 25.0 Å². The molecule has 1 N–H and O–H groups in total. The molecule has 1 spiro atoms. The molecule has 3 heterocycles. The van der Waals surface area contributed by atoms with Crippen LogP contribution < -0.4 is 5.32 Å². The number of amides is 1. The summed E-state index contributed by atoms with van der Waals surface area (Å²) in [6, 6.07) is 2.69. The van der Waals surface area contributed by atoms with Gasteiger partial charge in [0.25, 0.3) is 0 Å². The van der Waals surface area contributed by atoms with E-state index in [0.717, 1.165) is 31.7 Å². The van der Waals surface area contributed by atoms with Gasteiger partial charge in [0, 0.05) is 37.5 Å². The maximum Gasteiger partial charge on any atom is 0.222 e. The Kier molecular flexibility index (Phi) is 4.48. The van der Waals surface area contributed by atoms with Crippen LogP contribution in [0.15, 0.2) is 12.3 Å². The summed E-state index contributed by atoms with van der Waals surface area (Å²) in [5.41, 5.74) is 0.0990. The zero-order valence-corrected chi connectivity index (χ0v) is 15.4. The van der Waals surface area contributed by atoms with E-state index in [-0.39, 0.29) is 11.5 Å². The Labute approximate surface area is 149 Å². The molecule has 6 heteroatoms. The maximum absolute atomic E-state index is 12.7. The molecule has 0 radical (unpaired) electrons. The molecule has 3 unspecified atom stereocenters. The van der Waals surface area contributed by atoms with Crippen molar-refractivity contribution in [1.82, 2.24) is 14.7 Å². The van der Waals surface area contributed by atoms with Gasteiger partial charge in [-0.15, -0.1) is 0 Å². The lowest BCUT2D eigenvalue weighted by molar-refractivity contribution is -0.131. The van der Waals surface area contributed by atoms with E-state index in [2.05, 4.69) is 28.9 Å². The topological polar surface area (TPSA) is 59.4 Å². The summed E-state index contributed by atoms with van der Waals surface area (Å²) in [5.74, 6) is 1.78. The van der Waals surface area contributed by atoms with E-state index in [0.29, 0.717) is 31.0 Å². The normalized spacial score (nSPS) is 31.0. The number of fused-ring (bicyclic) bond motifs is 1. The average Bonchev–Trinajstić information content (AvgIpc) is 2.90. The number of carbonyl (C=O) groups excluding carboxylic acids is 1. The summed E-state index contributed by atoms with van der Waals surface area (Å²) in [6.45, 7) is 6.72. The number of anilines is 1. The van der Waals surface area contributed by atoms with Crippen molar-refractivity contribution in [3.63, 3.8) is 0 Å². The van der Waals surface area contributed by atoms with Crippen LogP contribution in [0.25, 0.3) is 0 Å². The van der Waals surface area contributed by atoms with Crippen LogP contribution in [0.3, 0.4) is 0 Å². The fraction of sp³-hybridized carbons (Fsp3) is 0.789. The monoisotopic (exact) mass is 346 g/mol. The van der Waals surface area contributed by atoms with Gasteiger partial charge in [0.1, 0.15) is 5.82 Å². The third kappa shape index (κ3) is 3.16. The maximum atomic E-state index is 12.7. The summed E-state index contributed by atoms with van der Waals surface area (Å²) in [6.07, 6.45) is 7.97. The minimum Gasteiger partial charge on any atom is -0.373 e. The van der Waals surface area contributed by atoms with Crippen LogP contribution in [0.4, 0.5) is 5.82 Å². The lowest BCUT2D eigenvalue weighted by Gasteiger charge is -2.40. The van der Waals surface area contributed by atoms with Gasteiger partial charge < -0.3 is 15.0 Å². The lowest BCUT2D eigenvalue weighted by atomic mass is 9.77. The number of rotatable bonds is 3. The Balaban J connectivity index is 1.32. The molecule has 2 fully saturated rings. The highest BCUT2D eigenvalue weighted by Crippen LogP contribution is 2.40. The van der Waals surface area contributed by atoms with Gasteiger partial charge in [-0.3, -0.25) is 4.79 Å². The van der Waals surface area contributed by atoms with Gasteiger partial charge in [-0.05, 0) is 46.0 Å². The molecule has 2 aliphatic heterocycles. The molecule has 0 bridgehead atoms. The molecule has 1 aliphatic carbocycles. The first-order chi connectivity index (χ1) is 12.1. The van der Waals surface area contributed by atoms with Gasteiger partial charge in [-0.25, -0.2) is 4.68 Å². The highest BCUT2D eigenvalue weighted by Gasteiger charge is 2.40. The molecule has 1 saturated carbocycles. The third-order valence-electron chi connectivity index (χ3n) is 6.61. The summed E-state index contributed by atoms with van der Waals surface area (Å²) in [5, 5.41) is 7.94. The second-order valence-corrected chi connectivity index (χ2v) is 8.05. The van der Waals surface area contributed by atoms with Gasteiger partial charge in [0.2, 0.25) is 5.91 Å². The third-order valence-corrected chi connectivity index (χ3v) is 6.61. The van der Waals surface area contributed by atoms with Crippen LogP contribution in [0.1, 0.15) is 58.4 Å². The summed E-state index contributed by atoms with van der Waals surface area (Å²) in [7, 11) is 0. The SMILES string of the molecule is CC1Nc2ccnn2C(C)C1CCC(=O)N1CCOC2(CCC2)CC1. The zero-order chi connectivity index (χ0) is 17.4. The number of ether oxygens (including phenoxy) is 1. The van der Waals surface area contributed by atoms with Crippen molar-refractivity contribution in [2.24, 2.45) is 5.92 Å². The Morgan fingerprint density at radius 3 is 2.96 bits per heavy atom. The highest BCUT2D eigenvalue weighted by molar-refractivity contribution is 5.76. The van der Waals surface area contributed by atoms with Crippen molar-refractivity contribution in [1.29, 1.82) is 0 Å². The predicted octanol–water partition coefficient (Wildman–Crippen LogP) is 2.83. The van der Waals surface area contributed by atoms with E-state index in [1.54, 1.807) is 0 Å².